The Labute approximate surface area is 279 Å². The van der Waals surface area contributed by atoms with Gasteiger partial charge in [0.2, 0.25) is 0 Å². The molecule has 46 heavy (non-hydrogen) atoms. The number of nitrogens with one attached hydrogen (secondary N) is 1. The molecule has 11 nitrogen and oxygen atoms in total. The molecule has 0 rings (SSSR count). The van der Waals surface area contributed by atoms with Crippen molar-refractivity contribution in [2.24, 2.45) is 0 Å². The number of hydrogen-bond donors (Lipinski definition) is 1. The van der Waals surface area contributed by atoms with E-state index in [9.17, 15) is 14.4 Å². The molecule has 11 heteroatoms. The van der Waals surface area contributed by atoms with E-state index < -0.39 is 18.3 Å². The molecule has 0 saturated carbocycles. The minimum absolute atomic E-state index is 0.120. The third-order valence-electron chi connectivity index (χ3n) is 7.34. The Morgan fingerprint density at radius 2 is 1.13 bits per heavy atom. The monoisotopic (exact) mass is 661 g/mol. The van der Waals surface area contributed by atoms with Crippen molar-refractivity contribution in [1.29, 1.82) is 0 Å². The van der Waals surface area contributed by atoms with E-state index >= 15 is 0 Å². The lowest BCUT2D eigenvalue weighted by Gasteiger charge is -2.24. The number of carbonyl (C=O) groups excluding carboxylic acids is 3. The first kappa shape index (κ1) is 44.0. The molecule has 0 aromatic rings. The predicted molar refractivity (Wildman–Crippen MR) is 179 cm³/mol. The van der Waals surface area contributed by atoms with Crippen LogP contribution in [-0.2, 0) is 42.7 Å². The Balaban J connectivity index is 4.33. The van der Waals surface area contributed by atoms with Crippen molar-refractivity contribution in [3.63, 3.8) is 0 Å². The zero-order valence-corrected chi connectivity index (χ0v) is 29.6. The van der Waals surface area contributed by atoms with E-state index in [2.05, 4.69) is 19.2 Å². The summed E-state index contributed by atoms with van der Waals surface area (Å²) >= 11 is 0. The normalized spacial score (nSPS) is 12.4. The van der Waals surface area contributed by atoms with E-state index in [4.69, 9.17) is 33.2 Å². The lowest BCUT2D eigenvalue weighted by molar-refractivity contribution is -0.144. The van der Waals surface area contributed by atoms with Crippen LogP contribution in [-0.4, -0.2) is 96.7 Å². The minimum atomic E-state index is -0.544. The molecule has 0 fully saturated rings. The van der Waals surface area contributed by atoms with Crippen molar-refractivity contribution in [1.82, 2.24) is 5.32 Å². The molecule has 2 unspecified atom stereocenters. The van der Waals surface area contributed by atoms with Gasteiger partial charge in [0.1, 0.15) is 12.2 Å². The Bertz CT molecular complexity index is 709. The molecule has 0 aromatic carbocycles. The fourth-order valence-corrected chi connectivity index (χ4v) is 4.46. The van der Waals surface area contributed by atoms with Crippen LogP contribution in [0.5, 0.6) is 0 Å². The van der Waals surface area contributed by atoms with E-state index in [-0.39, 0.29) is 18.5 Å². The first-order valence-electron chi connectivity index (χ1n) is 18.0. The second-order valence-electron chi connectivity index (χ2n) is 11.7. The molecular weight excluding hydrogens is 594 g/mol. The van der Waals surface area contributed by atoms with Gasteiger partial charge in [-0.25, -0.2) is 4.79 Å². The van der Waals surface area contributed by atoms with Crippen molar-refractivity contribution < 1.29 is 47.5 Å². The van der Waals surface area contributed by atoms with Crippen LogP contribution in [0.15, 0.2) is 0 Å². The summed E-state index contributed by atoms with van der Waals surface area (Å²) in [6.07, 6.45) is 14.2. The summed E-state index contributed by atoms with van der Waals surface area (Å²) in [7, 11) is 1.60. The van der Waals surface area contributed by atoms with Crippen LogP contribution >= 0.6 is 0 Å². The summed E-state index contributed by atoms with van der Waals surface area (Å²) in [6, 6.07) is 0. The van der Waals surface area contributed by atoms with E-state index in [1.807, 2.05) is 0 Å². The second-order valence-corrected chi connectivity index (χ2v) is 11.7. The van der Waals surface area contributed by atoms with Crippen molar-refractivity contribution in [2.45, 2.75) is 142 Å². The molecule has 272 valence electrons. The molecule has 0 bridgehead atoms. The summed E-state index contributed by atoms with van der Waals surface area (Å²) in [5, 5.41) is 2.68. The van der Waals surface area contributed by atoms with Crippen LogP contribution in [0.2, 0.25) is 0 Å². The van der Waals surface area contributed by atoms with Gasteiger partial charge in [0.25, 0.3) is 0 Å². The van der Waals surface area contributed by atoms with E-state index in [1.54, 1.807) is 14.0 Å². The Hall–Kier alpha value is -1.95. The van der Waals surface area contributed by atoms with Crippen LogP contribution in [0.4, 0.5) is 4.79 Å². The number of alkyl carbamates (subject to hydrolysis) is 1. The zero-order valence-electron chi connectivity index (χ0n) is 29.6. The SMILES string of the molecule is CCCCCCCOC(=O)CCCCOCC(OCCCCCCC(=O)OCCCCCC)C(C)OC(=O)NCCOCCOC. The fraction of sp³-hybridized carbons (Fsp3) is 0.914. The minimum Gasteiger partial charge on any atom is -0.466 e. The number of amides is 1. The molecule has 0 aliphatic heterocycles. The summed E-state index contributed by atoms with van der Waals surface area (Å²) in [4.78, 5) is 36.1. The quantitative estimate of drug-likeness (QED) is 0.0441. The number of methoxy groups -OCH3 is 1. The van der Waals surface area contributed by atoms with Gasteiger partial charge in [-0.05, 0) is 45.4 Å². The molecule has 1 N–H and O–H groups in total. The fourth-order valence-electron chi connectivity index (χ4n) is 4.46. The number of rotatable bonds is 34. The van der Waals surface area contributed by atoms with Crippen LogP contribution in [0, 0.1) is 0 Å². The first-order chi connectivity index (χ1) is 22.4. The Kier molecular flexibility index (Phi) is 32.9. The van der Waals surface area contributed by atoms with Crippen molar-refractivity contribution in [2.75, 3.05) is 66.5 Å². The van der Waals surface area contributed by atoms with Gasteiger partial charge < -0.3 is 38.5 Å². The largest absolute Gasteiger partial charge is 0.466 e. The number of ether oxygens (including phenoxy) is 7. The highest BCUT2D eigenvalue weighted by atomic mass is 16.6. The highest BCUT2D eigenvalue weighted by Crippen LogP contribution is 2.11. The van der Waals surface area contributed by atoms with E-state index in [0.717, 1.165) is 64.2 Å². The molecule has 0 aliphatic carbocycles. The van der Waals surface area contributed by atoms with Gasteiger partial charge in [-0.2, -0.15) is 0 Å². The van der Waals surface area contributed by atoms with Gasteiger partial charge in [-0.1, -0.05) is 71.6 Å². The molecular formula is C35H67NO10. The number of esters is 2. The topological polar surface area (TPSA) is 128 Å². The van der Waals surface area contributed by atoms with E-state index in [1.165, 1.54) is 25.7 Å². The van der Waals surface area contributed by atoms with Gasteiger partial charge in [-0.15, -0.1) is 0 Å². The predicted octanol–water partition coefficient (Wildman–Crippen LogP) is 6.92. The van der Waals surface area contributed by atoms with Gasteiger partial charge in [0, 0.05) is 39.7 Å². The lowest BCUT2D eigenvalue weighted by atomic mass is 10.1. The van der Waals surface area contributed by atoms with Gasteiger partial charge in [-0.3, -0.25) is 9.59 Å². The molecule has 2 atom stereocenters. The molecule has 0 spiro atoms. The molecule has 1 amide bonds. The summed E-state index contributed by atoms with van der Waals surface area (Å²) < 4.78 is 38.4. The van der Waals surface area contributed by atoms with Crippen LogP contribution in [0.3, 0.4) is 0 Å². The average Bonchev–Trinajstić information content (AvgIpc) is 3.04. The van der Waals surface area contributed by atoms with Crippen LogP contribution in [0.1, 0.15) is 130 Å². The zero-order chi connectivity index (χ0) is 33.9. The van der Waals surface area contributed by atoms with Crippen molar-refractivity contribution in [3.8, 4) is 0 Å². The third kappa shape index (κ3) is 30.7. The maximum absolute atomic E-state index is 12.3. The van der Waals surface area contributed by atoms with Crippen LogP contribution in [0.25, 0.3) is 0 Å². The molecule has 0 saturated heterocycles. The number of unbranched alkanes of at least 4 members (excludes halogenated alkanes) is 11. The molecule has 0 radical (unpaired) electrons. The lowest BCUT2D eigenvalue weighted by Crippen LogP contribution is -2.39. The first-order valence-corrected chi connectivity index (χ1v) is 18.0. The van der Waals surface area contributed by atoms with Gasteiger partial charge >= 0.3 is 18.0 Å². The molecule has 0 heterocycles. The van der Waals surface area contributed by atoms with E-state index in [0.29, 0.717) is 72.1 Å². The summed E-state index contributed by atoms with van der Waals surface area (Å²) in [5.41, 5.74) is 0. The highest BCUT2D eigenvalue weighted by molar-refractivity contribution is 5.69. The van der Waals surface area contributed by atoms with Gasteiger partial charge in [0.05, 0.1) is 39.6 Å². The third-order valence-corrected chi connectivity index (χ3v) is 7.34. The number of carbonyl (C=O) groups is 3. The maximum Gasteiger partial charge on any atom is 0.407 e. The molecule has 0 aromatic heterocycles. The summed E-state index contributed by atoms with van der Waals surface area (Å²) in [5.74, 6) is -0.279. The highest BCUT2D eigenvalue weighted by Gasteiger charge is 2.22. The molecule has 0 aliphatic rings. The maximum atomic E-state index is 12.3. The standard InChI is InChI=1S/C35H67NO10/c1-5-7-9-12-18-26-45-34(38)21-15-19-23-42-30-32(31(3)46-35(39)36-22-27-41-29-28-40-4)43-24-17-13-11-14-20-33(37)44-25-16-10-8-6-2/h31-32H,5-30H2,1-4H3,(H,36,39). The Morgan fingerprint density at radius 1 is 0.587 bits per heavy atom. The Morgan fingerprint density at radius 3 is 1.76 bits per heavy atom. The van der Waals surface area contributed by atoms with Crippen LogP contribution < -0.4 is 5.32 Å². The van der Waals surface area contributed by atoms with Gasteiger partial charge in [0.15, 0.2) is 0 Å². The number of hydrogen-bond acceptors (Lipinski definition) is 10. The summed E-state index contributed by atoms with van der Waals surface area (Å²) in [6.45, 7) is 10.00. The smallest absolute Gasteiger partial charge is 0.407 e. The second kappa shape index (κ2) is 34.4. The average molecular weight is 662 g/mol. The van der Waals surface area contributed by atoms with Crippen molar-refractivity contribution in [3.05, 3.63) is 0 Å². The van der Waals surface area contributed by atoms with Crippen molar-refractivity contribution >= 4 is 18.0 Å².